The monoisotopic (exact) mass is 164 g/mol. The molecule has 0 saturated carbocycles. The lowest BCUT2D eigenvalue weighted by Gasteiger charge is -2.19. The maximum absolute atomic E-state index is 9.09. The number of rotatable bonds is 6. The fourth-order valence-corrected chi connectivity index (χ4v) is 0.846. The van der Waals surface area contributed by atoms with E-state index in [0.717, 1.165) is 0 Å². The van der Waals surface area contributed by atoms with Gasteiger partial charge in [-0.1, -0.05) is 0 Å². The molecule has 0 fully saturated rings. The van der Waals surface area contributed by atoms with Crippen LogP contribution in [0.1, 0.15) is 13.3 Å². The van der Waals surface area contributed by atoms with Crippen molar-refractivity contribution in [3.63, 3.8) is 0 Å². The molecule has 0 bridgehead atoms. The van der Waals surface area contributed by atoms with Crippen LogP contribution in [0.5, 0.6) is 0 Å². The molecule has 11 heavy (non-hydrogen) atoms. The van der Waals surface area contributed by atoms with E-state index in [1.165, 1.54) is 0 Å². The molecule has 1 unspecified atom stereocenters. The van der Waals surface area contributed by atoms with E-state index in [1.807, 2.05) is 0 Å². The van der Waals surface area contributed by atoms with Crippen LogP contribution < -0.4 is 0 Å². The van der Waals surface area contributed by atoms with Crippen molar-refractivity contribution in [2.24, 2.45) is 0 Å². The van der Waals surface area contributed by atoms with Crippen molar-refractivity contribution in [2.75, 3.05) is 19.8 Å². The van der Waals surface area contributed by atoms with Gasteiger partial charge >= 0.3 is 0 Å². The first kappa shape index (κ1) is 10.8. The smallest absolute Gasteiger partial charge is 0.103 e. The standard InChI is InChI=1S/C7H16O4/c1-2-11-7(3-4-8)6(10)5-9/h6-10H,2-5H2,1H3/t6?,7-/m1/s1. The number of hydrogen-bond donors (Lipinski definition) is 3. The van der Waals surface area contributed by atoms with E-state index >= 15 is 0 Å². The molecule has 0 spiro atoms. The van der Waals surface area contributed by atoms with Gasteiger partial charge in [-0.3, -0.25) is 0 Å². The molecule has 0 aliphatic heterocycles. The van der Waals surface area contributed by atoms with Gasteiger partial charge in [-0.05, 0) is 13.3 Å². The molecule has 0 aliphatic rings. The first-order chi connectivity index (χ1) is 5.26. The average molecular weight is 164 g/mol. The van der Waals surface area contributed by atoms with Gasteiger partial charge < -0.3 is 20.1 Å². The van der Waals surface area contributed by atoms with Crippen molar-refractivity contribution in [1.29, 1.82) is 0 Å². The normalized spacial score (nSPS) is 16.4. The Hall–Kier alpha value is -0.160. The van der Waals surface area contributed by atoms with Crippen molar-refractivity contribution in [1.82, 2.24) is 0 Å². The summed E-state index contributed by atoms with van der Waals surface area (Å²) in [5, 5.41) is 26.2. The van der Waals surface area contributed by atoms with Crippen molar-refractivity contribution in [2.45, 2.75) is 25.6 Å². The second-order valence-corrected chi connectivity index (χ2v) is 2.26. The molecule has 0 aromatic carbocycles. The van der Waals surface area contributed by atoms with Gasteiger partial charge in [-0.2, -0.15) is 0 Å². The predicted octanol–water partition coefficient (Wildman–Crippen LogP) is -0.873. The largest absolute Gasteiger partial charge is 0.396 e. The highest BCUT2D eigenvalue weighted by Gasteiger charge is 2.17. The summed E-state index contributed by atoms with van der Waals surface area (Å²) < 4.78 is 5.07. The van der Waals surface area contributed by atoms with E-state index in [-0.39, 0.29) is 13.2 Å². The van der Waals surface area contributed by atoms with Gasteiger partial charge in [0.1, 0.15) is 6.10 Å². The molecule has 0 heterocycles. The van der Waals surface area contributed by atoms with Crippen LogP contribution in [0.4, 0.5) is 0 Å². The third kappa shape index (κ3) is 4.31. The van der Waals surface area contributed by atoms with Crippen LogP contribution in [0.3, 0.4) is 0 Å². The minimum atomic E-state index is -0.887. The Morgan fingerprint density at radius 3 is 2.36 bits per heavy atom. The SMILES string of the molecule is CCO[C@H](CCO)C(O)CO. The summed E-state index contributed by atoms with van der Waals surface area (Å²) in [6.45, 7) is 1.91. The Morgan fingerprint density at radius 2 is 2.00 bits per heavy atom. The van der Waals surface area contributed by atoms with Gasteiger partial charge in [0.2, 0.25) is 0 Å². The zero-order chi connectivity index (χ0) is 8.69. The van der Waals surface area contributed by atoms with Gasteiger partial charge in [0.25, 0.3) is 0 Å². The first-order valence-electron chi connectivity index (χ1n) is 3.77. The molecule has 0 aromatic rings. The molecule has 4 nitrogen and oxygen atoms in total. The molecule has 2 atom stereocenters. The summed E-state index contributed by atoms with van der Waals surface area (Å²) in [4.78, 5) is 0. The van der Waals surface area contributed by atoms with Crippen molar-refractivity contribution < 1.29 is 20.1 Å². The van der Waals surface area contributed by atoms with Crippen LogP contribution in [-0.4, -0.2) is 47.3 Å². The molecule has 3 N–H and O–H groups in total. The minimum absolute atomic E-state index is 0.0400. The van der Waals surface area contributed by atoms with Gasteiger partial charge in [0, 0.05) is 13.2 Å². The Morgan fingerprint density at radius 1 is 1.36 bits per heavy atom. The highest BCUT2D eigenvalue weighted by Crippen LogP contribution is 2.03. The number of aliphatic hydroxyl groups is 3. The molecule has 0 amide bonds. The van der Waals surface area contributed by atoms with Crippen LogP contribution in [0.2, 0.25) is 0 Å². The molecule has 0 radical (unpaired) electrons. The van der Waals surface area contributed by atoms with E-state index in [4.69, 9.17) is 20.1 Å². The quantitative estimate of drug-likeness (QED) is 0.477. The minimum Gasteiger partial charge on any atom is -0.396 e. The molecule has 4 heteroatoms. The second kappa shape index (κ2) is 6.54. The van der Waals surface area contributed by atoms with Crippen LogP contribution >= 0.6 is 0 Å². The van der Waals surface area contributed by atoms with Crippen molar-refractivity contribution in [3.8, 4) is 0 Å². The van der Waals surface area contributed by atoms with Crippen molar-refractivity contribution in [3.05, 3.63) is 0 Å². The average Bonchev–Trinajstić information content (AvgIpc) is 2.03. The van der Waals surface area contributed by atoms with Gasteiger partial charge in [-0.15, -0.1) is 0 Å². The van der Waals surface area contributed by atoms with Crippen LogP contribution in [0, 0.1) is 0 Å². The summed E-state index contributed by atoms with van der Waals surface area (Å²) in [5.74, 6) is 0. The topological polar surface area (TPSA) is 69.9 Å². The maximum Gasteiger partial charge on any atom is 0.103 e. The van der Waals surface area contributed by atoms with E-state index < -0.39 is 12.2 Å². The maximum atomic E-state index is 9.09. The Kier molecular flexibility index (Phi) is 6.45. The van der Waals surface area contributed by atoms with Crippen LogP contribution in [-0.2, 0) is 4.74 Å². The van der Waals surface area contributed by atoms with E-state index in [9.17, 15) is 0 Å². The Balaban J connectivity index is 3.66. The number of aliphatic hydroxyl groups excluding tert-OH is 3. The molecule has 0 saturated heterocycles. The number of ether oxygens (including phenoxy) is 1. The predicted molar refractivity (Wildman–Crippen MR) is 40.2 cm³/mol. The third-order valence-electron chi connectivity index (χ3n) is 1.41. The lowest BCUT2D eigenvalue weighted by atomic mass is 10.1. The second-order valence-electron chi connectivity index (χ2n) is 2.26. The van der Waals surface area contributed by atoms with Gasteiger partial charge in [-0.25, -0.2) is 0 Å². The summed E-state index contributed by atoms with van der Waals surface area (Å²) in [6, 6.07) is 0. The van der Waals surface area contributed by atoms with E-state index in [1.54, 1.807) is 6.92 Å². The highest BCUT2D eigenvalue weighted by molar-refractivity contribution is 4.67. The summed E-state index contributed by atoms with van der Waals surface area (Å²) in [5.41, 5.74) is 0. The van der Waals surface area contributed by atoms with Crippen LogP contribution in [0.15, 0.2) is 0 Å². The van der Waals surface area contributed by atoms with Gasteiger partial charge in [0.05, 0.1) is 12.7 Å². The molecule has 0 rings (SSSR count). The fraction of sp³-hybridized carbons (Fsp3) is 1.00. The number of hydrogen-bond acceptors (Lipinski definition) is 4. The lowest BCUT2D eigenvalue weighted by molar-refractivity contribution is -0.0626. The zero-order valence-electron chi connectivity index (χ0n) is 6.73. The summed E-state index contributed by atoms with van der Waals surface area (Å²) in [7, 11) is 0. The zero-order valence-corrected chi connectivity index (χ0v) is 6.73. The summed E-state index contributed by atoms with van der Waals surface area (Å²) >= 11 is 0. The highest BCUT2D eigenvalue weighted by atomic mass is 16.5. The Bertz CT molecular complexity index is 80.5. The first-order valence-corrected chi connectivity index (χ1v) is 3.77. The van der Waals surface area contributed by atoms with Gasteiger partial charge in [0.15, 0.2) is 0 Å². The lowest BCUT2D eigenvalue weighted by Crippen LogP contribution is -2.32. The van der Waals surface area contributed by atoms with Crippen molar-refractivity contribution >= 4 is 0 Å². The summed E-state index contributed by atoms with van der Waals surface area (Å²) in [6.07, 6.45) is -0.979. The molecule has 0 aromatic heterocycles. The molecular weight excluding hydrogens is 148 g/mol. The fourth-order valence-electron chi connectivity index (χ4n) is 0.846. The van der Waals surface area contributed by atoms with E-state index in [0.29, 0.717) is 13.0 Å². The van der Waals surface area contributed by atoms with Crippen LogP contribution in [0.25, 0.3) is 0 Å². The Labute approximate surface area is 66.4 Å². The third-order valence-corrected chi connectivity index (χ3v) is 1.41. The molecular formula is C7H16O4. The molecule has 0 aliphatic carbocycles. The van der Waals surface area contributed by atoms with E-state index in [2.05, 4.69) is 0 Å². The molecule has 68 valence electrons.